The Bertz CT molecular complexity index is 440. The summed E-state index contributed by atoms with van der Waals surface area (Å²) in [6, 6.07) is 7.92. The fourth-order valence-corrected chi connectivity index (χ4v) is 2.97. The molecule has 1 atom stereocenters. The number of hydrogen-bond donors (Lipinski definition) is 1. The van der Waals surface area contributed by atoms with E-state index in [1.54, 1.807) is 0 Å². The van der Waals surface area contributed by atoms with Gasteiger partial charge in [-0.2, -0.15) is 0 Å². The highest BCUT2D eigenvalue weighted by Crippen LogP contribution is 2.26. The SMILES string of the molecule is CC(Cc1ccc(Br)cc1)(C(=O)O)N1CCCCC1. The van der Waals surface area contributed by atoms with Crippen molar-refractivity contribution in [2.24, 2.45) is 0 Å². The van der Waals surface area contributed by atoms with Crippen LogP contribution in [0.4, 0.5) is 0 Å². The van der Waals surface area contributed by atoms with E-state index in [1.807, 2.05) is 31.2 Å². The number of likely N-dealkylation sites (tertiary alicyclic amines) is 1. The van der Waals surface area contributed by atoms with Crippen molar-refractivity contribution in [2.75, 3.05) is 13.1 Å². The zero-order valence-electron chi connectivity index (χ0n) is 11.2. The van der Waals surface area contributed by atoms with Crippen LogP contribution in [0.1, 0.15) is 31.7 Å². The molecule has 4 heteroatoms. The molecule has 0 aliphatic carbocycles. The maximum absolute atomic E-state index is 11.7. The molecule has 1 aromatic rings. The molecule has 1 N–H and O–H groups in total. The lowest BCUT2D eigenvalue weighted by Gasteiger charge is -2.40. The molecule has 104 valence electrons. The van der Waals surface area contributed by atoms with Crippen molar-refractivity contribution in [2.45, 2.75) is 38.1 Å². The summed E-state index contributed by atoms with van der Waals surface area (Å²) < 4.78 is 1.02. The molecule has 0 radical (unpaired) electrons. The van der Waals surface area contributed by atoms with Crippen LogP contribution in [-0.4, -0.2) is 34.6 Å². The summed E-state index contributed by atoms with van der Waals surface area (Å²) in [7, 11) is 0. The Labute approximate surface area is 122 Å². The number of piperidine rings is 1. The van der Waals surface area contributed by atoms with Crippen molar-refractivity contribution in [1.82, 2.24) is 4.90 Å². The van der Waals surface area contributed by atoms with Gasteiger partial charge in [-0.15, -0.1) is 0 Å². The van der Waals surface area contributed by atoms with Crippen molar-refractivity contribution in [1.29, 1.82) is 0 Å². The van der Waals surface area contributed by atoms with Crippen LogP contribution in [0.25, 0.3) is 0 Å². The number of halogens is 1. The van der Waals surface area contributed by atoms with E-state index in [2.05, 4.69) is 20.8 Å². The molecule has 1 aliphatic heterocycles. The highest BCUT2D eigenvalue weighted by Gasteiger charge is 2.39. The minimum Gasteiger partial charge on any atom is -0.480 e. The van der Waals surface area contributed by atoms with Gasteiger partial charge in [-0.1, -0.05) is 34.5 Å². The molecule has 1 aromatic carbocycles. The first-order chi connectivity index (χ1) is 9.02. The van der Waals surface area contributed by atoms with Crippen LogP contribution in [0.5, 0.6) is 0 Å². The van der Waals surface area contributed by atoms with Gasteiger partial charge in [0, 0.05) is 10.9 Å². The summed E-state index contributed by atoms with van der Waals surface area (Å²) in [5.74, 6) is -0.725. The van der Waals surface area contributed by atoms with E-state index >= 15 is 0 Å². The van der Waals surface area contributed by atoms with Gasteiger partial charge < -0.3 is 5.11 Å². The van der Waals surface area contributed by atoms with Gasteiger partial charge in [0.15, 0.2) is 0 Å². The minimum absolute atomic E-state index is 0.551. The number of benzene rings is 1. The number of rotatable bonds is 4. The summed E-state index contributed by atoms with van der Waals surface area (Å²) in [6.45, 7) is 3.63. The van der Waals surface area contributed by atoms with Crippen LogP contribution in [0, 0.1) is 0 Å². The lowest BCUT2D eigenvalue weighted by molar-refractivity contribution is -0.151. The van der Waals surface area contributed by atoms with E-state index in [0.717, 1.165) is 36.0 Å². The normalized spacial score (nSPS) is 19.9. The maximum atomic E-state index is 11.7. The average Bonchev–Trinajstić information content (AvgIpc) is 2.42. The molecule has 1 aliphatic rings. The minimum atomic E-state index is -0.797. The van der Waals surface area contributed by atoms with Gasteiger partial charge in [-0.3, -0.25) is 9.69 Å². The van der Waals surface area contributed by atoms with E-state index < -0.39 is 11.5 Å². The molecule has 1 unspecified atom stereocenters. The monoisotopic (exact) mass is 325 g/mol. The molecule has 0 aromatic heterocycles. The smallest absolute Gasteiger partial charge is 0.324 e. The van der Waals surface area contributed by atoms with Gasteiger partial charge in [0.05, 0.1) is 0 Å². The first kappa shape index (κ1) is 14.5. The number of carboxylic acid groups (broad SMARTS) is 1. The fraction of sp³-hybridized carbons (Fsp3) is 0.533. The van der Waals surface area contributed by atoms with E-state index in [9.17, 15) is 9.90 Å². The van der Waals surface area contributed by atoms with Crippen molar-refractivity contribution in [3.05, 3.63) is 34.3 Å². The Morgan fingerprint density at radius 1 is 1.26 bits per heavy atom. The van der Waals surface area contributed by atoms with Gasteiger partial charge in [0.1, 0.15) is 5.54 Å². The van der Waals surface area contributed by atoms with Crippen molar-refractivity contribution >= 4 is 21.9 Å². The third kappa shape index (κ3) is 3.37. The second-order valence-corrected chi connectivity index (χ2v) is 6.35. The molecule has 0 bridgehead atoms. The third-order valence-electron chi connectivity index (χ3n) is 3.98. The Morgan fingerprint density at radius 2 is 1.84 bits per heavy atom. The molecule has 3 nitrogen and oxygen atoms in total. The van der Waals surface area contributed by atoms with Crippen LogP contribution in [0.15, 0.2) is 28.7 Å². The average molecular weight is 326 g/mol. The third-order valence-corrected chi connectivity index (χ3v) is 4.51. The van der Waals surface area contributed by atoms with Gasteiger partial charge >= 0.3 is 5.97 Å². The molecule has 0 saturated carbocycles. The first-order valence-electron chi connectivity index (χ1n) is 6.75. The molecular weight excluding hydrogens is 306 g/mol. The number of carbonyl (C=O) groups is 1. The van der Waals surface area contributed by atoms with E-state index in [-0.39, 0.29) is 0 Å². The Kier molecular flexibility index (Phi) is 4.63. The predicted octanol–water partition coefficient (Wildman–Crippen LogP) is 3.32. The number of nitrogens with zero attached hydrogens (tertiary/aromatic N) is 1. The Balaban J connectivity index is 2.18. The van der Waals surface area contributed by atoms with Crippen molar-refractivity contribution in [3.63, 3.8) is 0 Å². The lowest BCUT2D eigenvalue weighted by Crippen LogP contribution is -2.55. The molecular formula is C15H20BrNO2. The zero-order chi connectivity index (χ0) is 13.9. The molecule has 19 heavy (non-hydrogen) atoms. The van der Waals surface area contributed by atoms with Crippen molar-refractivity contribution in [3.8, 4) is 0 Å². The second-order valence-electron chi connectivity index (χ2n) is 5.43. The second kappa shape index (κ2) is 6.06. The van der Waals surface area contributed by atoms with E-state index in [1.165, 1.54) is 6.42 Å². The number of aliphatic carboxylic acids is 1. The molecule has 2 rings (SSSR count). The molecule has 0 spiro atoms. The van der Waals surface area contributed by atoms with Gasteiger partial charge in [0.25, 0.3) is 0 Å². The van der Waals surface area contributed by atoms with Gasteiger partial charge in [-0.05, 0) is 50.6 Å². The predicted molar refractivity (Wildman–Crippen MR) is 79.3 cm³/mol. The summed E-state index contributed by atoms with van der Waals surface area (Å²) in [5.41, 5.74) is 0.271. The highest BCUT2D eigenvalue weighted by molar-refractivity contribution is 9.10. The summed E-state index contributed by atoms with van der Waals surface area (Å²) in [5, 5.41) is 9.65. The summed E-state index contributed by atoms with van der Waals surface area (Å²) in [6.07, 6.45) is 3.96. The van der Waals surface area contributed by atoms with Crippen LogP contribution in [0.3, 0.4) is 0 Å². The highest BCUT2D eigenvalue weighted by atomic mass is 79.9. The molecule has 1 heterocycles. The summed E-state index contributed by atoms with van der Waals surface area (Å²) in [4.78, 5) is 13.9. The molecule has 0 amide bonds. The van der Waals surface area contributed by atoms with Gasteiger partial charge in [-0.25, -0.2) is 0 Å². The Morgan fingerprint density at radius 3 is 2.37 bits per heavy atom. The standard InChI is InChI=1S/C15H20BrNO2/c1-15(14(18)19,17-9-3-2-4-10-17)11-12-5-7-13(16)8-6-12/h5-8H,2-4,9-11H2,1H3,(H,18,19). The van der Waals surface area contributed by atoms with Crippen molar-refractivity contribution < 1.29 is 9.90 Å². The largest absolute Gasteiger partial charge is 0.480 e. The van der Waals surface area contributed by atoms with Crippen LogP contribution >= 0.6 is 15.9 Å². The number of hydrogen-bond acceptors (Lipinski definition) is 2. The summed E-state index contributed by atoms with van der Waals surface area (Å²) >= 11 is 3.40. The molecule has 1 fully saturated rings. The van der Waals surface area contributed by atoms with Crippen LogP contribution < -0.4 is 0 Å². The van der Waals surface area contributed by atoms with E-state index in [4.69, 9.17) is 0 Å². The first-order valence-corrected chi connectivity index (χ1v) is 7.54. The van der Waals surface area contributed by atoms with Crippen LogP contribution in [0.2, 0.25) is 0 Å². The number of carboxylic acids is 1. The zero-order valence-corrected chi connectivity index (χ0v) is 12.8. The molecule has 1 saturated heterocycles. The van der Waals surface area contributed by atoms with E-state index in [0.29, 0.717) is 6.42 Å². The topological polar surface area (TPSA) is 40.5 Å². The van der Waals surface area contributed by atoms with Gasteiger partial charge in [0.2, 0.25) is 0 Å². The maximum Gasteiger partial charge on any atom is 0.324 e. The quantitative estimate of drug-likeness (QED) is 0.923. The fourth-order valence-electron chi connectivity index (χ4n) is 2.71. The lowest BCUT2D eigenvalue weighted by atomic mass is 9.89. The van der Waals surface area contributed by atoms with Crippen LogP contribution in [-0.2, 0) is 11.2 Å². The Hall–Kier alpha value is -0.870.